The molecule has 2 fully saturated rings. The monoisotopic (exact) mass is 282 g/mol. The highest BCUT2D eigenvalue weighted by molar-refractivity contribution is 5.90. The number of morpholine rings is 1. The number of ether oxygens (including phenoxy) is 1. The number of hydrogen-bond acceptors (Lipinski definition) is 7. The zero-order valence-electron chi connectivity index (χ0n) is 11.1. The number of carbonyl (C=O) groups excluding carboxylic acids is 1. The normalized spacial score (nSPS) is 26.9. The van der Waals surface area contributed by atoms with E-state index in [4.69, 9.17) is 14.4 Å². The third kappa shape index (κ3) is 2.67. The standard InChI is InChI=1S/C12H18N4O4/c17-7-8-6-16(4-5-19-8)12(18)10-14-11(20-15-10)9-2-1-3-13-9/h8-9,13,17H,1-7H2. The molecule has 0 aromatic carbocycles. The Hall–Kier alpha value is -1.51. The van der Waals surface area contributed by atoms with Gasteiger partial charge in [0.1, 0.15) is 0 Å². The number of carbonyl (C=O) groups is 1. The second-order valence-corrected chi connectivity index (χ2v) is 5.03. The number of aliphatic hydroxyl groups excluding tert-OH is 1. The fraction of sp³-hybridized carbons (Fsp3) is 0.750. The first kappa shape index (κ1) is 13.5. The van der Waals surface area contributed by atoms with E-state index >= 15 is 0 Å². The molecule has 110 valence electrons. The van der Waals surface area contributed by atoms with Crippen LogP contribution >= 0.6 is 0 Å². The summed E-state index contributed by atoms with van der Waals surface area (Å²) in [5, 5.41) is 16.1. The van der Waals surface area contributed by atoms with Crippen LogP contribution in [0.5, 0.6) is 0 Å². The lowest BCUT2D eigenvalue weighted by Crippen LogP contribution is -2.47. The highest BCUT2D eigenvalue weighted by atomic mass is 16.5. The molecule has 3 heterocycles. The highest BCUT2D eigenvalue weighted by Crippen LogP contribution is 2.21. The third-order valence-electron chi connectivity index (χ3n) is 3.62. The van der Waals surface area contributed by atoms with E-state index in [1.807, 2.05) is 0 Å². The van der Waals surface area contributed by atoms with Crippen LogP contribution in [0.25, 0.3) is 0 Å². The molecule has 2 unspecified atom stereocenters. The number of hydrogen-bond donors (Lipinski definition) is 2. The lowest BCUT2D eigenvalue weighted by Gasteiger charge is -2.31. The molecule has 2 aliphatic rings. The van der Waals surface area contributed by atoms with Crippen molar-refractivity contribution >= 4 is 5.91 Å². The van der Waals surface area contributed by atoms with Gasteiger partial charge in [-0.3, -0.25) is 4.79 Å². The van der Waals surface area contributed by atoms with Crippen molar-refractivity contribution in [1.29, 1.82) is 0 Å². The van der Waals surface area contributed by atoms with Gasteiger partial charge in [0, 0.05) is 13.1 Å². The minimum atomic E-state index is -0.337. The summed E-state index contributed by atoms with van der Waals surface area (Å²) in [6.45, 7) is 2.05. The molecular formula is C12H18N4O4. The minimum absolute atomic E-state index is 0.0546. The first-order chi connectivity index (χ1) is 9.78. The van der Waals surface area contributed by atoms with Gasteiger partial charge in [-0.1, -0.05) is 5.16 Å². The SMILES string of the molecule is O=C(c1noc(C2CCCN2)n1)N1CCOC(CO)C1. The summed E-state index contributed by atoms with van der Waals surface area (Å²) >= 11 is 0. The van der Waals surface area contributed by atoms with Crippen LogP contribution in [0.1, 0.15) is 35.4 Å². The lowest BCUT2D eigenvalue weighted by atomic mass is 10.2. The molecule has 2 atom stereocenters. The predicted molar refractivity (Wildman–Crippen MR) is 67.0 cm³/mol. The summed E-state index contributed by atoms with van der Waals surface area (Å²) in [5.74, 6) is 0.268. The van der Waals surface area contributed by atoms with Crippen molar-refractivity contribution in [2.45, 2.75) is 25.0 Å². The molecule has 8 heteroatoms. The summed E-state index contributed by atoms with van der Waals surface area (Å²) in [6, 6.07) is 0.0546. The van der Waals surface area contributed by atoms with Crippen LogP contribution in [-0.4, -0.2) is 65.0 Å². The summed E-state index contributed by atoms with van der Waals surface area (Å²) in [5.41, 5.74) is 0. The van der Waals surface area contributed by atoms with Crippen molar-refractivity contribution in [2.75, 3.05) is 32.8 Å². The Balaban J connectivity index is 1.67. The molecule has 2 N–H and O–H groups in total. The van der Waals surface area contributed by atoms with Crippen LogP contribution < -0.4 is 5.32 Å². The highest BCUT2D eigenvalue weighted by Gasteiger charge is 2.29. The minimum Gasteiger partial charge on any atom is -0.394 e. The maximum absolute atomic E-state index is 12.3. The average Bonchev–Trinajstić information content (AvgIpc) is 3.17. The van der Waals surface area contributed by atoms with Crippen LogP contribution in [0.15, 0.2) is 4.52 Å². The molecule has 2 aliphatic heterocycles. The van der Waals surface area contributed by atoms with Crippen LogP contribution in [0.2, 0.25) is 0 Å². The molecule has 8 nitrogen and oxygen atoms in total. The molecule has 1 amide bonds. The van der Waals surface area contributed by atoms with Gasteiger partial charge in [0.05, 0.1) is 25.4 Å². The van der Waals surface area contributed by atoms with E-state index in [0.29, 0.717) is 25.6 Å². The quantitative estimate of drug-likeness (QED) is 0.758. The van der Waals surface area contributed by atoms with Gasteiger partial charge in [0.25, 0.3) is 11.7 Å². The molecular weight excluding hydrogens is 264 g/mol. The number of rotatable bonds is 3. The molecule has 2 saturated heterocycles. The Labute approximate surface area is 116 Å². The molecule has 1 aromatic heterocycles. The maximum Gasteiger partial charge on any atom is 0.295 e. The Morgan fingerprint density at radius 3 is 3.20 bits per heavy atom. The molecule has 1 aromatic rings. The van der Waals surface area contributed by atoms with Crippen molar-refractivity contribution in [3.8, 4) is 0 Å². The summed E-state index contributed by atoms with van der Waals surface area (Å²) < 4.78 is 10.5. The molecule has 0 spiro atoms. The van der Waals surface area contributed by atoms with Crippen LogP contribution in [0.4, 0.5) is 0 Å². The second-order valence-electron chi connectivity index (χ2n) is 5.03. The maximum atomic E-state index is 12.3. The first-order valence-corrected chi connectivity index (χ1v) is 6.86. The summed E-state index contributed by atoms with van der Waals surface area (Å²) in [7, 11) is 0. The number of aliphatic hydroxyl groups is 1. The van der Waals surface area contributed by atoms with E-state index in [0.717, 1.165) is 19.4 Å². The van der Waals surface area contributed by atoms with Crippen molar-refractivity contribution in [2.24, 2.45) is 0 Å². The van der Waals surface area contributed by atoms with E-state index < -0.39 is 0 Å². The Kier molecular flexibility index (Phi) is 3.95. The van der Waals surface area contributed by atoms with Crippen molar-refractivity contribution < 1.29 is 19.2 Å². The lowest BCUT2D eigenvalue weighted by molar-refractivity contribution is -0.0450. The molecule has 0 bridgehead atoms. The molecule has 0 saturated carbocycles. The third-order valence-corrected chi connectivity index (χ3v) is 3.62. The summed E-state index contributed by atoms with van der Waals surface area (Å²) in [4.78, 5) is 18.0. The fourth-order valence-corrected chi connectivity index (χ4v) is 2.51. The van der Waals surface area contributed by atoms with E-state index in [1.54, 1.807) is 4.90 Å². The van der Waals surface area contributed by atoms with Gasteiger partial charge < -0.3 is 24.6 Å². The zero-order chi connectivity index (χ0) is 13.9. The van der Waals surface area contributed by atoms with Gasteiger partial charge in [-0.05, 0) is 19.4 Å². The second kappa shape index (κ2) is 5.86. The van der Waals surface area contributed by atoms with E-state index in [9.17, 15) is 4.79 Å². The van der Waals surface area contributed by atoms with Gasteiger partial charge in [0.15, 0.2) is 0 Å². The largest absolute Gasteiger partial charge is 0.394 e. The zero-order valence-corrected chi connectivity index (χ0v) is 11.1. The molecule has 0 radical (unpaired) electrons. The van der Waals surface area contributed by atoms with Gasteiger partial charge >= 0.3 is 0 Å². The van der Waals surface area contributed by atoms with Gasteiger partial charge in [-0.2, -0.15) is 4.98 Å². The van der Waals surface area contributed by atoms with Gasteiger partial charge in [0.2, 0.25) is 5.89 Å². The fourth-order valence-electron chi connectivity index (χ4n) is 2.51. The molecule has 0 aliphatic carbocycles. The molecule has 3 rings (SSSR count). The Morgan fingerprint density at radius 2 is 2.45 bits per heavy atom. The van der Waals surface area contributed by atoms with Gasteiger partial charge in [-0.15, -0.1) is 0 Å². The smallest absolute Gasteiger partial charge is 0.295 e. The Bertz CT molecular complexity index is 472. The Morgan fingerprint density at radius 1 is 1.55 bits per heavy atom. The number of nitrogens with zero attached hydrogens (tertiary/aromatic N) is 3. The average molecular weight is 282 g/mol. The van der Waals surface area contributed by atoms with Crippen molar-refractivity contribution in [3.63, 3.8) is 0 Å². The van der Waals surface area contributed by atoms with Crippen LogP contribution in [-0.2, 0) is 4.74 Å². The van der Waals surface area contributed by atoms with E-state index in [1.165, 1.54) is 0 Å². The predicted octanol–water partition coefficient (Wildman–Crippen LogP) is -0.673. The van der Waals surface area contributed by atoms with Gasteiger partial charge in [-0.25, -0.2) is 0 Å². The number of amides is 1. The summed E-state index contributed by atoms with van der Waals surface area (Å²) in [6.07, 6.45) is 1.67. The number of aromatic nitrogens is 2. The van der Waals surface area contributed by atoms with Crippen molar-refractivity contribution in [3.05, 3.63) is 11.7 Å². The molecule has 20 heavy (non-hydrogen) atoms. The van der Waals surface area contributed by atoms with Crippen molar-refractivity contribution in [1.82, 2.24) is 20.4 Å². The van der Waals surface area contributed by atoms with E-state index in [2.05, 4.69) is 15.5 Å². The van der Waals surface area contributed by atoms with E-state index in [-0.39, 0.29) is 30.5 Å². The topological polar surface area (TPSA) is 101 Å². The number of nitrogens with one attached hydrogen (secondary N) is 1. The van der Waals surface area contributed by atoms with Crippen LogP contribution in [0, 0.1) is 0 Å². The van der Waals surface area contributed by atoms with Crippen LogP contribution in [0.3, 0.4) is 0 Å². The first-order valence-electron chi connectivity index (χ1n) is 6.86.